The molecule has 100 valence electrons. The second kappa shape index (κ2) is 9.47. The normalized spacial score (nSPS) is 17.1. The Morgan fingerprint density at radius 3 is 2.24 bits per heavy atom. The van der Waals surface area contributed by atoms with Crippen LogP contribution in [-0.4, -0.2) is 11.7 Å². The highest BCUT2D eigenvalue weighted by molar-refractivity contribution is 5.03. The van der Waals surface area contributed by atoms with Crippen molar-refractivity contribution < 1.29 is 5.11 Å². The summed E-state index contributed by atoms with van der Waals surface area (Å²) in [5, 5.41) is 9.07. The van der Waals surface area contributed by atoms with Crippen molar-refractivity contribution in [3.8, 4) is 0 Å². The zero-order valence-electron chi connectivity index (χ0n) is 12.3. The standard InChI is InChI=1S/C16H30O/c1-6-13(2)8-7-9-14(3)10-11-15(4)16(5)12-17/h8,10,15-17H,6-7,9,11-12H2,1-5H3/b13-8+,14-10+/t15-,16+/m1/s1. The molecule has 0 aliphatic heterocycles. The minimum Gasteiger partial charge on any atom is -0.396 e. The van der Waals surface area contributed by atoms with Gasteiger partial charge in [-0.25, -0.2) is 0 Å². The molecule has 0 radical (unpaired) electrons. The summed E-state index contributed by atoms with van der Waals surface area (Å²) in [5.74, 6) is 0.976. The maximum atomic E-state index is 9.07. The summed E-state index contributed by atoms with van der Waals surface area (Å²) in [5.41, 5.74) is 2.96. The van der Waals surface area contributed by atoms with Crippen LogP contribution in [0.25, 0.3) is 0 Å². The van der Waals surface area contributed by atoms with Gasteiger partial charge in [-0.2, -0.15) is 0 Å². The highest BCUT2D eigenvalue weighted by Crippen LogP contribution is 2.17. The highest BCUT2D eigenvalue weighted by atomic mass is 16.3. The number of allylic oxidation sites excluding steroid dienone is 4. The Morgan fingerprint density at radius 2 is 1.71 bits per heavy atom. The molecule has 1 N–H and O–H groups in total. The Hall–Kier alpha value is -0.560. The molecule has 0 rings (SSSR count). The first kappa shape index (κ1) is 16.4. The molecule has 0 aliphatic rings. The van der Waals surface area contributed by atoms with Gasteiger partial charge in [-0.1, -0.05) is 44.1 Å². The summed E-state index contributed by atoms with van der Waals surface area (Å²) in [6.07, 6.45) is 9.25. The fraction of sp³-hybridized carbons (Fsp3) is 0.750. The Bertz CT molecular complexity index is 250. The quantitative estimate of drug-likeness (QED) is 0.606. The van der Waals surface area contributed by atoms with E-state index in [1.165, 1.54) is 11.1 Å². The van der Waals surface area contributed by atoms with Crippen molar-refractivity contribution >= 4 is 0 Å². The van der Waals surface area contributed by atoms with Gasteiger partial charge in [0.05, 0.1) is 0 Å². The second-order valence-corrected chi connectivity index (χ2v) is 5.37. The molecule has 0 unspecified atom stereocenters. The number of hydrogen-bond acceptors (Lipinski definition) is 1. The summed E-state index contributed by atoms with van der Waals surface area (Å²) in [6, 6.07) is 0. The minimum absolute atomic E-state index is 0.298. The van der Waals surface area contributed by atoms with E-state index in [4.69, 9.17) is 5.11 Å². The molecule has 2 atom stereocenters. The average Bonchev–Trinajstić information content (AvgIpc) is 2.34. The van der Waals surface area contributed by atoms with Crippen LogP contribution in [-0.2, 0) is 0 Å². The SMILES string of the molecule is CC/C(C)=C/CC/C(C)=C/C[C@@H](C)[C@@H](C)CO. The summed E-state index contributed by atoms with van der Waals surface area (Å²) in [7, 11) is 0. The molecule has 0 bridgehead atoms. The van der Waals surface area contributed by atoms with E-state index in [0.29, 0.717) is 18.4 Å². The monoisotopic (exact) mass is 238 g/mol. The summed E-state index contributed by atoms with van der Waals surface area (Å²) in [4.78, 5) is 0. The maximum absolute atomic E-state index is 9.07. The van der Waals surface area contributed by atoms with Gasteiger partial charge < -0.3 is 5.11 Å². The number of hydrogen-bond donors (Lipinski definition) is 1. The van der Waals surface area contributed by atoms with Crippen LogP contribution in [0.1, 0.15) is 60.3 Å². The van der Waals surface area contributed by atoms with E-state index in [1.54, 1.807) is 0 Å². The summed E-state index contributed by atoms with van der Waals surface area (Å²) in [6.45, 7) is 11.2. The molecule has 0 aromatic rings. The van der Waals surface area contributed by atoms with Gasteiger partial charge in [0.15, 0.2) is 0 Å². The molecule has 0 spiro atoms. The lowest BCUT2D eigenvalue weighted by molar-refractivity contribution is 0.196. The van der Waals surface area contributed by atoms with Crippen molar-refractivity contribution in [3.63, 3.8) is 0 Å². The molecule has 0 aliphatic carbocycles. The number of aliphatic hydroxyl groups is 1. The van der Waals surface area contributed by atoms with Crippen LogP contribution in [0, 0.1) is 11.8 Å². The van der Waals surface area contributed by atoms with Crippen molar-refractivity contribution in [3.05, 3.63) is 23.3 Å². The molecular weight excluding hydrogens is 208 g/mol. The van der Waals surface area contributed by atoms with Crippen molar-refractivity contribution in [2.45, 2.75) is 60.3 Å². The zero-order chi connectivity index (χ0) is 13.3. The third kappa shape index (κ3) is 8.20. The fourth-order valence-electron chi connectivity index (χ4n) is 1.59. The van der Waals surface area contributed by atoms with E-state index >= 15 is 0 Å². The first-order valence-corrected chi connectivity index (χ1v) is 6.93. The van der Waals surface area contributed by atoms with Crippen LogP contribution in [0.5, 0.6) is 0 Å². The van der Waals surface area contributed by atoms with Crippen LogP contribution < -0.4 is 0 Å². The first-order valence-electron chi connectivity index (χ1n) is 6.93. The van der Waals surface area contributed by atoms with Gasteiger partial charge >= 0.3 is 0 Å². The zero-order valence-corrected chi connectivity index (χ0v) is 12.3. The van der Waals surface area contributed by atoms with E-state index in [9.17, 15) is 0 Å². The lowest BCUT2D eigenvalue weighted by atomic mass is 9.92. The van der Waals surface area contributed by atoms with Gasteiger partial charge in [0.2, 0.25) is 0 Å². The van der Waals surface area contributed by atoms with E-state index in [1.807, 2.05) is 0 Å². The molecule has 0 fully saturated rings. The van der Waals surface area contributed by atoms with Gasteiger partial charge in [-0.15, -0.1) is 0 Å². The third-order valence-electron chi connectivity index (χ3n) is 3.69. The topological polar surface area (TPSA) is 20.2 Å². The van der Waals surface area contributed by atoms with Gasteiger partial charge in [0.1, 0.15) is 0 Å². The maximum Gasteiger partial charge on any atom is 0.0459 e. The average molecular weight is 238 g/mol. The van der Waals surface area contributed by atoms with Crippen LogP contribution in [0.15, 0.2) is 23.3 Å². The van der Waals surface area contributed by atoms with Crippen LogP contribution >= 0.6 is 0 Å². The van der Waals surface area contributed by atoms with Crippen LogP contribution in [0.2, 0.25) is 0 Å². The van der Waals surface area contributed by atoms with E-state index in [-0.39, 0.29) is 0 Å². The largest absolute Gasteiger partial charge is 0.396 e. The lowest BCUT2D eigenvalue weighted by Crippen LogP contribution is -2.11. The molecule has 1 nitrogen and oxygen atoms in total. The Kier molecular flexibility index (Phi) is 9.16. The third-order valence-corrected chi connectivity index (χ3v) is 3.69. The van der Waals surface area contributed by atoms with Gasteiger partial charge in [0.25, 0.3) is 0 Å². The number of rotatable bonds is 8. The van der Waals surface area contributed by atoms with Gasteiger partial charge in [-0.05, 0) is 51.4 Å². The van der Waals surface area contributed by atoms with Gasteiger partial charge in [-0.3, -0.25) is 0 Å². The predicted octanol–water partition coefficient (Wildman–Crippen LogP) is 4.72. The minimum atomic E-state index is 0.298. The van der Waals surface area contributed by atoms with Crippen LogP contribution in [0.4, 0.5) is 0 Å². The fourth-order valence-corrected chi connectivity index (χ4v) is 1.59. The van der Waals surface area contributed by atoms with Crippen LogP contribution in [0.3, 0.4) is 0 Å². The van der Waals surface area contributed by atoms with E-state index < -0.39 is 0 Å². The Balaban J connectivity index is 3.94. The van der Waals surface area contributed by atoms with Gasteiger partial charge in [0, 0.05) is 6.61 Å². The first-order chi connectivity index (χ1) is 8.01. The molecule has 0 saturated carbocycles. The molecule has 0 aromatic heterocycles. The molecular formula is C16H30O. The summed E-state index contributed by atoms with van der Waals surface area (Å²) >= 11 is 0. The molecule has 0 saturated heterocycles. The Labute approximate surface area is 108 Å². The number of aliphatic hydroxyl groups excluding tert-OH is 1. The molecule has 17 heavy (non-hydrogen) atoms. The van der Waals surface area contributed by atoms with E-state index in [2.05, 4.69) is 46.8 Å². The van der Waals surface area contributed by atoms with Crippen molar-refractivity contribution in [1.29, 1.82) is 0 Å². The molecule has 0 amide bonds. The molecule has 0 aromatic carbocycles. The van der Waals surface area contributed by atoms with Crippen molar-refractivity contribution in [1.82, 2.24) is 0 Å². The second-order valence-electron chi connectivity index (χ2n) is 5.37. The Morgan fingerprint density at radius 1 is 1.06 bits per heavy atom. The summed E-state index contributed by atoms with van der Waals surface area (Å²) < 4.78 is 0. The van der Waals surface area contributed by atoms with Crippen molar-refractivity contribution in [2.75, 3.05) is 6.61 Å². The van der Waals surface area contributed by atoms with Crippen molar-refractivity contribution in [2.24, 2.45) is 11.8 Å². The highest BCUT2D eigenvalue weighted by Gasteiger charge is 2.09. The van der Waals surface area contributed by atoms with E-state index in [0.717, 1.165) is 25.7 Å². The smallest absolute Gasteiger partial charge is 0.0459 e. The lowest BCUT2D eigenvalue weighted by Gasteiger charge is -2.15. The molecule has 1 heteroatoms. The molecule has 0 heterocycles. The predicted molar refractivity (Wildman–Crippen MR) is 77.1 cm³/mol.